The molecule has 152 valence electrons. The van der Waals surface area contributed by atoms with Gasteiger partial charge in [-0.2, -0.15) is 0 Å². The van der Waals surface area contributed by atoms with Crippen molar-refractivity contribution in [2.24, 2.45) is 0 Å². The van der Waals surface area contributed by atoms with E-state index in [1.165, 1.54) is 25.3 Å². The Morgan fingerprint density at radius 1 is 1.21 bits per heavy atom. The fraction of sp³-hybridized carbons (Fsp3) is 0.348. The van der Waals surface area contributed by atoms with E-state index >= 15 is 0 Å². The first-order valence-electron chi connectivity index (χ1n) is 9.77. The van der Waals surface area contributed by atoms with Gasteiger partial charge in [0.15, 0.2) is 11.6 Å². The Hall–Kier alpha value is -2.73. The van der Waals surface area contributed by atoms with Gasteiger partial charge >= 0.3 is 0 Å². The normalized spacial score (nSPS) is 24.5. The summed E-state index contributed by atoms with van der Waals surface area (Å²) < 4.78 is 32.5. The highest BCUT2D eigenvalue weighted by atomic mass is 19.1. The average molecular weight is 398 g/mol. The van der Waals surface area contributed by atoms with E-state index in [0.717, 1.165) is 24.9 Å². The lowest BCUT2D eigenvalue weighted by Crippen LogP contribution is -2.56. The maximum atomic E-state index is 13.8. The summed E-state index contributed by atoms with van der Waals surface area (Å²) >= 11 is 0. The summed E-state index contributed by atoms with van der Waals surface area (Å²) in [5.74, 6) is -0.597. The highest BCUT2D eigenvalue weighted by molar-refractivity contribution is 6.06. The number of hydrogen-bond acceptors (Lipinski definition) is 3. The molecule has 0 N–H and O–H groups in total. The number of likely N-dealkylation sites (tertiary alicyclic amines) is 1. The number of piperidine rings is 1. The van der Waals surface area contributed by atoms with E-state index in [9.17, 15) is 13.6 Å². The van der Waals surface area contributed by atoms with Crippen LogP contribution in [0, 0.1) is 11.6 Å². The first-order valence-corrected chi connectivity index (χ1v) is 9.77. The summed E-state index contributed by atoms with van der Waals surface area (Å²) in [7, 11) is 1.46. The Labute approximate surface area is 169 Å². The minimum Gasteiger partial charge on any atom is -0.494 e. The molecule has 2 aliphatic heterocycles. The molecule has 29 heavy (non-hydrogen) atoms. The van der Waals surface area contributed by atoms with Gasteiger partial charge in [0.1, 0.15) is 5.82 Å². The molecule has 0 radical (unpaired) electrons. The first-order chi connectivity index (χ1) is 13.9. The van der Waals surface area contributed by atoms with Gasteiger partial charge in [-0.25, -0.2) is 8.78 Å². The Morgan fingerprint density at radius 3 is 2.76 bits per heavy atom. The van der Waals surface area contributed by atoms with Gasteiger partial charge in [0, 0.05) is 30.9 Å². The lowest BCUT2D eigenvalue weighted by Gasteiger charge is -2.47. The number of benzene rings is 2. The van der Waals surface area contributed by atoms with Crippen LogP contribution in [0.5, 0.6) is 5.75 Å². The molecule has 2 aliphatic rings. The van der Waals surface area contributed by atoms with Crippen LogP contribution in [0.25, 0.3) is 0 Å². The van der Waals surface area contributed by atoms with Crippen molar-refractivity contribution in [1.29, 1.82) is 0 Å². The predicted molar refractivity (Wildman–Crippen MR) is 108 cm³/mol. The summed E-state index contributed by atoms with van der Waals surface area (Å²) in [6.45, 7) is 3.57. The van der Waals surface area contributed by atoms with Gasteiger partial charge in [-0.3, -0.25) is 14.6 Å². The van der Waals surface area contributed by atoms with Crippen molar-refractivity contribution in [2.75, 3.05) is 18.6 Å². The van der Waals surface area contributed by atoms with Crippen molar-refractivity contribution in [3.05, 3.63) is 71.8 Å². The van der Waals surface area contributed by atoms with Crippen LogP contribution in [0.4, 0.5) is 14.5 Å². The Morgan fingerprint density at radius 2 is 2.03 bits per heavy atom. The number of anilines is 1. The molecular formula is C23H24F2N2O2. The molecule has 2 atom stereocenters. The van der Waals surface area contributed by atoms with Crippen LogP contribution >= 0.6 is 0 Å². The van der Waals surface area contributed by atoms with Crippen molar-refractivity contribution in [1.82, 2.24) is 4.90 Å². The van der Waals surface area contributed by atoms with E-state index in [1.807, 2.05) is 6.08 Å². The summed E-state index contributed by atoms with van der Waals surface area (Å²) in [5.41, 5.74) is 1.12. The number of ether oxygens (including phenoxy) is 1. The molecule has 2 aromatic carbocycles. The van der Waals surface area contributed by atoms with E-state index in [1.54, 1.807) is 35.2 Å². The Balaban J connectivity index is 1.53. The number of methoxy groups -OCH3 is 1. The monoisotopic (exact) mass is 398 g/mol. The number of carbonyl (C=O) groups is 1. The van der Waals surface area contributed by atoms with Crippen molar-refractivity contribution < 1.29 is 18.3 Å². The van der Waals surface area contributed by atoms with Crippen LogP contribution in [-0.2, 0) is 11.3 Å². The summed E-state index contributed by atoms with van der Waals surface area (Å²) in [6.07, 6.45) is 5.05. The number of rotatable bonds is 4. The van der Waals surface area contributed by atoms with Crippen LogP contribution in [0.3, 0.4) is 0 Å². The zero-order valence-electron chi connectivity index (χ0n) is 16.6. The molecule has 2 unspecified atom stereocenters. The zero-order valence-corrected chi connectivity index (χ0v) is 16.6. The molecule has 6 heteroatoms. The molecule has 1 spiro atoms. The van der Waals surface area contributed by atoms with E-state index < -0.39 is 5.54 Å². The molecule has 2 heterocycles. The van der Waals surface area contributed by atoms with Gasteiger partial charge in [-0.05, 0) is 55.7 Å². The molecule has 4 rings (SSSR count). The van der Waals surface area contributed by atoms with Gasteiger partial charge in [0.2, 0.25) is 0 Å². The van der Waals surface area contributed by atoms with Gasteiger partial charge < -0.3 is 4.74 Å². The minimum atomic E-state index is -0.443. The molecular weight excluding hydrogens is 374 g/mol. The molecule has 2 aromatic rings. The summed E-state index contributed by atoms with van der Waals surface area (Å²) in [6, 6.07) is 11.3. The SMILES string of the molecule is COc1cc(CN2CCC3(C=CC(=O)N3c3cccc(F)c3)CC2C)ccc1F. The van der Waals surface area contributed by atoms with Crippen molar-refractivity contribution in [3.8, 4) is 5.75 Å². The highest BCUT2D eigenvalue weighted by Gasteiger charge is 2.46. The lowest BCUT2D eigenvalue weighted by molar-refractivity contribution is -0.114. The van der Waals surface area contributed by atoms with Crippen LogP contribution in [-0.4, -0.2) is 36.0 Å². The number of nitrogens with zero attached hydrogens (tertiary/aromatic N) is 2. The van der Waals surface area contributed by atoms with Crippen LogP contribution in [0.15, 0.2) is 54.6 Å². The molecule has 1 saturated heterocycles. The number of halogens is 2. The standard InChI is InChI=1S/C23H24F2N2O2/c1-16-14-23(9-8-22(28)27(23)19-5-3-4-18(24)13-19)10-11-26(16)15-17-6-7-20(25)21(12-17)29-2/h3-9,12-13,16H,10-11,14-15H2,1-2H3. The maximum Gasteiger partial charge on any atom is 0.251 e. The largest absolute Gasteiger partial charge is 0.494 e. The predicted octanol–water partition coefficient (Wildman–Crippen LogP) is 4.30. The van der Waals surface area contributed by atoms with Gasteiger partial charge in [0.25, 0.3) is 5.91 Å². The van der Waals surface area contributed by atoms with Gasteiger partial charge in [-0.15, -0.1) is 0 Å². The smallest absolute Gasteiger partial charge is 0.251 e. The van der Waals surface area contributed by atoms with E-state index in [-0.39, 0.29) is 29.3 Å². The maximum absolute atomic E-state index is 13.8. The first kappa shape index (κ1) is 19.6. The second kappa shape index (κ2) is 7.59. The molecule has 1 amide bonds. The van der Waals surface area contributed by atoms with Gasteiger partial charge in [0.05, 0.1) is 12.6 Å². The van der Waals surface area contributed by atoms with E-state index in [2.05, 4.69) is 11.8 Å². The quantitative estimate of drug-likeness (QED) is 0.770. The fourth-order valence-corrected chi connectivity index (χ4v) is 4.52. The fourth-order valence-electron chi connectivity index (χ4n) is 4.52. The third-order valence-electron chi connectivity index (χ3n) is 5.97. The molecule has 0 bridgehead atoms. The van der Waals surface area contributed by atoms with Crippen molar-refractivity contribution >= 4 is 11.6 Å². The number of hydrogen-bond donors (Lipinski definition) is 0. The third-order valence-corrected chi connectivity index (χ3v) is 5.97. The molecule has 0 saturated carbocycles. The molecule has 0 aliphatic carbocycles. The molecule has 1 fully saturated rings. The lowest BCUT2D eigenvalue weighted by atomic mass is 9.82. The molecule has 4 nitrogen and oxygen atoms in total. The average Bonchev–Trinajstić information content (AvgIpc) is 3.01. The van der Waals surface area contributed by atoms with E-state index in [4.69, 9.17) is 4.74 Å². The van der Waals surface area contributed by atoms with Gasteiger partial charge in [-0.1, -0.05) is 18.2 Å². The number of amides is 1. The van der Waals surface area contributed by atoms with Crippen LogP contribution in [0.1, 0.15) is 25.3 Å². The van der Waals surface area contributed by atoms with Crippen LogP contribution in [0.2, 0.25) is 0 Å². The molecule has 0 aromatic heterocycles. The Kier molecular flexibility index (Phi) is 5.13. The number of carbonyl (C=O) groups excluding carboxylic acids is 1. The van der Waals surface area contributed by atoms with E-state index in [0.29, 0.717) is 12.2 Å². The van der Waals surface area contributed by atoms with Crippen LogP contribution < -0.4 is 9.64 Å². The third kappa shape index (κ3) is 3.65. The van der Waals surface area contributed by atoms with Crippen molar-refractivity contribution in [2.45, 2.75) is 37.9 Å². The van der Waals surface area contributed by atoms with Crippen molar-refractivity contribution in [3.63, 3.8) is 0 Å². The topological polar surface area (TPSA) is 32.8 Å². The summed E-state index contributed by atoms with van der Waals surface area (Å²) in [5, 5.41) is 0. The Bertz CT molecular complexity index is 962. The second-order valence-corrected chi connectivity index (χ2v) is 7.83. The second-order valence-electron chi connectivity index (χ2n) is 7.83. The summed E-state index contributed by atoms with van der Waals surface area (Å²) in [4.78, 5) is 16.6. The zero-order chi connectivity index (χ0) is 20.6. The highest BCUT2D eigenvalue weighted by Crippen LogP contribution is 2.41. The minimum absolute atomic E-state index is 0.112.